The number of amides is 1. The Balaban J connectivity index is 1.56. The lowest BCUT2D eigenvalue weighted by molar-refractivity contribution is -0.124. The number of piperidine rings is 1. The van der Waals surface area contributed by atoms with E-state index in [0.29, 0.717) is 18.4 Å². The zero-order valence-corrected chi connectivity index (χ0v) is 13.3. The third-order valence-electron chi connectivity index (χ3n) is 4.25. The molecule has 2 bridgehead atoms. The van der Waals surface area contributed by atoms with Crippen molar-refractivity contribution in [2.75, 3.05) is 0 Å². The second kappa shape index (κ2) is 6.19. The molecule has 0 aromatic carbocycles. The first-order valence-corrected chi connectivity index (χ1v) is 9.52. The maximum Gasteiger partial charge on any atom is 0.238 e. The molecule has 1 amide bonds. The largest absolute Gasteiger partial charge is 0.339 e. The molecule has 4 atom stereocenters. The molecule has 0 unspecified atom stereocenters. The summed E-state index contributed by atoms with van der Waals surface area (Å²) in [5, 5.41) is 15.5. The average molecular weight is 383 g/mol. The summed E-state index contributed by atoms with van der Waals surface area (Å²) in [6, 6.07) is 2.21. The van der Waals surface area contributed by atoms with Crippen molar-refractivity contribution in [3.05, 3.63) is 21.8 Å². The Bertz CT molecular complexity index is 532. The highest BCUT2D eigenvalue weighted by molar-refractivity contribution is 14.2. The molecule has 2 fully saturated rings. The number of halogens is 1. The van der Waals surface area contributed by atoms with Crippen LogP contribution in [0.25, 0.3) is 0 Å². The normalized spacial score (nSPS) is 32.1. The van der Waals surface area contributed by atoms with Crippen LogP contribution >= 0.6 is 20.7 Å². The summed E-state index contributed by atoms with van der Waals surface area (Å²) in [4.78, 5) is 12.3. The fraction of sp³-hybridized carbons (Fsp3) is 0.533. The predicted molar refractivity (Wildman–Crippen MR) is 87.5 cm³/mol. The van der Waals surface area contributed by atoms with E-state index in [4.69, 9.17) is 0 Å². The maximum absolute atomic E-state index is 12.3. The molecule has 2 N–H and O–H groups in total. The van der Waals surface area contributed by atoms with Gasteiger partial charge in [-0.2, -0.15) is 5.26 Å². The Morgan fingerprint density at radius 2 is 2.50 bits per heavy atom. The summed E-state index contributed by atoms with van der Waals surface area (Å²) in [5.74, 6) is 0.465. The van der Waals surface area contributed by atoms with Crippen LogP contribution in [-0.4, -0.2) is 28.0 Å². The molecule has 20 heavy (non-hydrogen) atoms. The molecular weight excluding hydrogens is 365 g/mol. The van der Waals surface area contributed by atoms with E-state index in [-0.39, 0.29) is 32.7 Å². The second-order valence-electron chi connectivity index (χ2n) is 5.60. The molecule has 0 radical (unpaired) electrons. The van der Waals surface area contributed by atoms with Gasteiger partial charge in [-0.25, -0.2) is 0 Å². The lowest BCUT2D eigenvalue weighted by Crippen LogP contribution is -2.50. The minimum atomic E-state index is -0.427. The van der Waals surface area contributed by atoms with E-state index in [2.05, 4.69) is 36.9 Å². The van der Waals surface area contributed by atoms with Gasteiger partial charge in [0.1, 0.15) is 6.04 Å². The summed E-state index contributed by atoms with van der Waals surface area (Å²) in [6.07, 6.45) is 8.20. The number of nitriles is 1. The number of hydrogen-bond acceptors (Lipinski definition) is 3. The first-order chi connectivity index (χ1) is 9.76. The standard InChI is InChI=1S/C15H18IN3O/c17-9-13(7-10-3-5-16-6-4-10)19-15(20)14-11-1-2-12(8-11)18-14/h3-6,11-14,18H,1-2,7-8H2,(H,19,20)/t11-,12+,13-,14-/m0/s1. The van der Waals surface area contributed by atoms with E-state index in [1.54, 1.807) is 0 Å². The highest BCUT2D eigenvalue weighted by atomic mass is 127. The first kappa shape index (κ1) is 14.0. The lowest BCUT2D eigenvalue weighted by Gasteiger charge is -2.23. The van der Waals surface area contributed by atoms with Gasteiger partial charge in [0.15, 0.2) is 0 Å². The summed E-state index contributed by atoms with van der Waals surface area (Å²) in [7, 11) is 0. The minimum absolute atomic E-state index is 0.000503. The second-order valence-corrected chi connectivity index (χ2v) is 7.75. The molecule has 0 spiro atoms. The van der Waals surface area contributed by atoms with E-state index < -0.39 is 6.04 Å². The smallest absolute Gasteiger partial charge is 0.238 e. The molecule has 0 aromatic heterocycles. The minimum Gasteiger partial charge on any atom is -0.339 e. The molecule has 2 heterocycles. The topological polar surface area (TPSA) is 64.9 Å². The quantitative estimate of drug-likeness (QED) is 0.728. The molecule has 4 nitrogen and oxygen atoms in total. The zero-order chi connectivity index (χ0) is 13.9. The molecule has 106 valence electrons. The van der Waals surface area contributed by atoms with Crippen molar-refractivity contribution in [2.45, 2.75) is 43.8 Å². The van der Waals surface area contributed by atoms with Gasteiger partial charge in [0, 0.05) is 12.5 Å². The van der Waals surface area contributed by atoms with Gasteiger partial charge in [0.2, 0.25) is 5.91 Å². The molecule has 1 saturated carbocycles. The van der Waals surface area contributed by atoms with E-state index in [0.717, 1.165) is 18.4 Å². The van der Waals surface area contributed by atoms with Crippen LogP contribution < -0.4 is 10.6 Å². The van der Waals surface area contributed by atoms with Crippen molar-refractivity contribution < 1.29 is 4.79 Å². The molecule has 1 saturated heterocycles. The number of fused-ring (bicyclic) bond motifs is 2. The molecule has 3 aliphatic rings. The average Bonchev–Trinajstić information content (AvgIpc) is 3.10. The molecule has 3 rings (SSSR count). The molecule has 2 aliphatic heterocycles. The number of hydrogen-bond donors (Lipinski definition) is 2. The Morgan fingerprint density at radius 1 is 1.60 bits per heavy atom. The third-order valence-corrected chi connectivity index (χ3v) is 5.80. The van der Waals surface area contributed by atoms with Gasteiger partial charge in [-0.05, 0) is 38.8 Å². The maximum atomic E-state index is 12.3. The Hall–Kier alpha value is -1.00. The van der Waals surface area contributed by atoms with Crippen LogP contribution in [0.2, 0.25) is 0 Å². The van der Waals surface area contributed by atoms with Crippen LogP contribution in [0.3, 0.4) is 0 Å². The highest BCUT2D eigenvalue weighted by Gasteiger charge is 2.42. The predicted octanol–water partition coefficient (Wildman–Crippen LogP) is 1.75. The van der Waals surface area contributed by atoms with E-state index in [1.165, 1.54) is 6.42 Å². The molecule has 0 aromatic rings. The first-order valence-electron chi connectivity index (χ1n) is 7.03. The number of rotatable bonds is 4. The summed E-state index contributed by atoms with van der Waals surface area (Å²) in [6.45, 7) is 0. The van der Waals surface area contributed by atoms with Crippen LogP contribution in [0.15, 0.2) is 21.8 Å². The van der Waals surface area contributed by atoms with Gasteiger partial charge in [0.25, 0.3) is 0 Å². The Morgan fingerprint density at radius 3 is 3.10 bits per heavy atom. The van der Waals surface area contributed by atoms with Gasteiger partial charge in [-0.1, -0.05) is 32.9 Å². The van der Waals surface area contributed by atoms with Crippen molar-refractivity contribution in [2.24, 2.45) is 5.92 Å². The van der Waals surface area contributed by atoms with Crippen molar-refractivity contribution in [1.82, 2.24) is 10.6 Å². The van der Waals surface area contributed by atoms with Crippen LogP contribution in [0, 0.1) is 17.2 Å². The number of allylic oxidation sites excluding steroid dienone is 2. The highest BCUT2D eigenvalue weighted by Crippen LogP contribution is 2.35. The van der Waals surface area contributed by atoms with Gasteiger partial charge in [0.05, 0.1) is 12.1 Å². The van der Waals surface area contributed by atoms with Crippen LogP contribution in [0.4, 0.5) is 0 Å². The SMILES string of the molecule is N#C[C@H](CC1=CC=IC=C1)NC(=O)[C@H]1N[C@@H]2CC[C@H]1C2. The number of carbonyl (C=O) groups excluding carboxylic acids is 1. The van der Waals surface area contributed by atoms with Gasteiger partial charge < -0.3 is 10.6 Å². The van der Waals surface area contributed by atoms with Gasteiger partial charge >= 0.3 is 0 Å². The molecular formula is C15H18IN3O. The third kappa shape index (κ3) is 3.01. The molecule has 5 heteroatoms. The van der Waals surface area contributed by atoms with Crippen molar-refractivity contribution >= 4 is 30.6 Å². The Labute approximate surface area is 129 Å². The molecule has 1 aliphatic carbocycles. The van der Waals surface area contributed by atoms with E-state index in [1.807, 2.05) is 0 Å². The van der Waals surface area contributed by atoms with Crippen molar-refractivity contribution in [3.63, 3.8) is 0 Å². The Kier molecular flexibility index (Phi) is 4.32. The van der Waals surface area contributed by atoms with Gasteiger partial charge in [-0.3, -0.25) is 4.79 Å². The van der Waals surface area contributed by atoms with Gasteiger partial charge in [-0.15, -0.1) is 0 Å². The lowest BCUT2D eigenvalue weighted by atomic mass is 9.98. The monoisotopic (exact) mass is 383 g/mol. The summed E-state index contributed by atoms with van der Waals surface area (Å²) in [5.41, 5.74) is 1.13. The summed E-state index contributed by atoms with van der Waals surface area (Å²) < 4.78 is 4.36. The zero-order valence-electron chi connectivity index (χ0n) is 11.2. The van der Waals surface area contributed by atoms with Crippen molar-refractivity contribution in [3.8, 4) is 6.07 Å². The van der Waals surface area contributed by atoms with Crippen LogP contribution in [-0.2, 0) is 4.79 Å². The van der Waals surface area contributed by atoms with Crippen molar-refractivity contribution in [1.29, 1.82) is 5.26 Å². The van der Waals surface area contributed by atoms with E-state index >= 15 is 0 Å². The number of nitrogens with one attached hydrogen (secondary N) is 2. The number of nitrogens with zero attached hydrogens (tertiary/aromatic N) is 1. The van der Waals surface area contributed by atoms with Crippen LogP contribution in [0.5, 0.6) is 0 Å². The fourth-order valence-corrected chi connectivity index (χ4v) is 4.82. The summed E-state index contributed by atoms with van der Waals surface area (Å²) >= 11 is 0.0661. The van der Waals surface area contributed by atoms with Crippen LogP contribution in [0.1, 0.15) is 25.7 Å². The number of carbonyl (C=O) groups is 1. The van der Waals surface area contributed by atoms with E-state index in [9.17, 15) is 10.1 Å². The fourth-order valence-electron chi connectivity index (χ4n) is 3.24.